The smallest absolute Gasteiger partial charge is 0.262 e. The quantitative estimate of drug-likeness (QED) is 0.646. The number of nitrogens with zero attached hydrogens (tertiary/aromatic N) is 2. The lowest BCUT2D eigenvalue weighted by Crippen LogP contribution is -2.28. The van der Waals surface area contributed by atoms with Crippen LogP contribution in [0.1, 0.15) is 21.5 Å². The Hall–Kier alpha value is -4.31. The third-order valence-corrected chi connectivity index (χ3v) is 5.20. The van der Waals surface area contributed by atoms with Gasteiger partial charge in [0.25, 0.3) is 11.8 Å². The molecule has 0 radical (unpaired) electrons. The number of nitriles is 1. The molecule has 0 unspecified atom stereocenters. The topological polar surface area (TPSA) is 91.7 Å². The summed E-state index contributed by atoms with van der Waals surface area (Å²) in [5, 5.41) is 11.7. The molecule has 0 atom stereocenters. The molecule has 1 aliphatic heterocycles. The van der Waals surface area contributed by atoms with E-state index in [1.807, 2.05) is 30.3 Å². The van der Waals surface area contributed by atoms with Gasteiger partial charge >= 0.3 is 0 Å². The minimum Gasteiger partial charge on any atom is -0.493 e. The zero-order valence-electron chi connectivity index (χ0n) is 17.5. The zero-order valence-corrected chi connectivity index (χ0v) is 17.5. The van der Waals surface area contributed by atoms with Crippen molar-refractivity contribution >= 4 is 23.2 Å². The number of fused-ring (bicyclic) bond motifs is 1. The monoisotopic (exact) mass is 427 g/mol. The highest BCUT2D eigenvalue weighted by atomic mass is 16.5. The van der Waals surface area contributed by atoms with Crippen LogP contribution in [0.5, 0.6) is 11.5 Å². The van der Waals surface area contributed by atoms with Crippen molar-refractivity contribution < 1.29 is 19.1 Å². The van der Waals surface area contributed by atoms with E-state index in [1.165, 1.54) is 12.7 Å². The van der Waals surface area contributed by atoms with Gasteiger partial charge in [-0.15, -0.1) is 0 Å². The summed E-state index contributed by atoms with van der Waals surface area (Å²) in [4.78, 5) is 26.9. The van der Waals surface area contributed by atoms with Gasteiger partial charge in [0.1, 0.15) is 0 Å². The van der Waals surface area contributed by atoms with Crippen molar-refractivity contribution in [3.63, 3.8) is 0 Å². The fourth-order valence-corrected chi connectivity index (χ4v) is 3.60. The van der Waals surface area contributed by atoms with Crippen LogP contribution in [-0.4, -0.2) is 32.1 Å². The predicted molar refractivity (Wildman–Crippen MR) is 120 cm³/mol. The molecule has 2 amide bonds. The summed E-state index contributed by atoms with van der Waals surface area (Å²) in [5.74, 6) is 0.324. The summed E-state index contributed by atoms with van der Waals surface area (Å²) in [5.41, 5.74) is 3.67. The molecule has 3 aromatic rings. The first-order chi connectivity index (χ1) is 15.6. The lowest BCUT2D eigenvalue weighted by atomic mass is 10.1. The molecule has 7 heteroatoms. The van der Waals surface area contributed by atoms with Gasteiger partial charge in [-0.25, -0.2) is 0 Å². The lowest BCUT2D eigenvalue weighted by molar-refractivity contribution is -0.118. The van der Waals surface area contributed by atoms with Gasteiger partial charge in [0.2, 0.25) is 0 Å². The molecule has 0 fully saturated rings. The number of para-hydroxylation sites is 1. The molecule has 7 nitrogen and oxygen atoms in total. The Morgan fingerprint density at radius 1 is 1.06 bits per heavy atom. The van der Waals surface area contributed by atoms with Gasteiger partial charge in [-0.05, 0) is 54.4 Å². The zero-order chi connectivity index (χ0) is 22.5. The van der Waals surface area contributed by atoms with E-state index in [9.17, 15) is 9.59 Å². The Balaban J connectivity index is 1.35. The van der Waals surface area contributed by atoms with Crippen LogP contribution < -0.4 is 19.7 Å². The van der Waals surface area contributed by atoms with Crippen molar-refractivity contribution in [2.24, 2.45) is 0 Å². The summed E-state index contributed by atoms with van der Waals surface area (Å²) in [6.45, 7) is 0.431. The van der Waals surface area contributed by atoms with Crippen molar-refractivity contribution in [2.75, 3.05) is 30.5 Å². The molecule has 0 saturated heterocycles. The van der Waals surface area contributed by atoms with Crippen LogP contribution >= 0.6 is 0 Å². The molecular formula is C25H21N3O4. The van der Waals surface area contributed by atoms with Crippen LogP contribution in [-0.2, 0) is 11.2 Å². The highest BCUT2D eigenvalue weighted by Crippen LogP contribution is 2.29. The highest BCUT2D eigenvalue weighted by Gasteiger charge is 2.25. The van der Waals surface area contributed by atoms with Gasteiger partial charge in [-0.1, -0.05) is 18.2 Å². The van der Waals surface area contributed by atoms with E-state index in [0.717, 1.165) is 12.1 Å². The van der Waals surface area contributed by atoms with Gasteiger partial charge in [-0.2, -0.15) is 5.26 Å². The number of carbonyl (C=O) groups is 2. The van der Waals surface area contributed by atoms with Crippen LogP contribution in [0, 0.1) is 11.3 Å². The second-order valence-electron chi connectivity index (χ2n) is 7.23. The molecule has 3 aromatic carbocycles. The number of ether oxygens (including phenoxy) is 2. The standard InChI is InChI=1S/C25H21N3O4/c1-31-23-14-17(15-26)6-11-22(23)32-16-24(29)27-20-9-7-19(8-10-20)25(30)28-13-12-18-4-2-3-5-21(18)28/h2-11,14H,12-13,16H2,1H3,(H,27,29). The molecule has 32 heavy (non-hydrogen) atoms. The molecule has 1 N–H and O–H groups in total. The fraction of sp³-hybridized carbons (Fsp3) is 0.160. The van der Waals surface area contributed by atoms with Gasteiger partial charge in [-0.3, -0.25) is 9.59 Å². The molecule has 0 aromatic heterocycles. The van der Waals surface area contributed by atoms with Gasteiger partial charge in [0.15, 0.2) is 18.1 Å². The number of amides is 2. The Morgan fingerprint density at radius 2 is 1.84 bits per heavy atom. The number of benzene rings is 3. The van der Waals surface area contributed by atoms with Crippen LogP contribution in [0.25, 0.3) is 0 Å². The molecule has 160 valence electrons. The second-order valence-corrected chi connectivity index (χ2v) is 7.23. The minimum atomic E-state index is -0.357. The van der Waals surface area contributed by atoms with Crippen molar-refractivity contribution in [1.82, 2.24) is 0 Å². The molecule has 1 heterocycles. The molecule has 0 bridgehead atoms. The number of nitrogens with one attached hydrogen (secondary N) is 1. The van der Waals surface area contributed by atoms with Crippen molar-refractivity contribution in [1.29, 1.82) is 5.26 Å². The van der Waals surface area contributed by atoms with Gasteiger partial charge < -0.3 is 19.7 Å². The van der Waals surface area contributed by atoms with Gasteiger partial charge in [0.05, 0.1) is 18.7 Å². The maximum Gasteiger partial charge on any atom is 0.262 e. The average Bonchev–Trinajstić information content (AvgIpc) is 3.27. The third-order valence-electron chi connectivity index (χ3n) is 5.20. The Morgan fingerprint density at radius 3 is 2.59 bits per heavy atom. The fourth-order valence-electron chi connectivity index (χ4n) is 3.60. The van der Waals surface area contributed by atoms with E-state index >= 15 is 0 Å². The third kappa shape index (κ3) is 4.40. The summed E-state index contributed by atoms with van der Waals surface area (Å²) < 4.78 is 10.7. The van der Waals surface area contributed by atoms with Crippen LogP contribution in [0.3, 0.4) is 0 Å². The number of methoxy groups -OCH3 is 1. The van der Waals surface area contributed by atoms with E-state index < -0.39 is 0 Å². The van der Waals surface area contributed by atoms with E-state index in [0.29, 0.717) is 34.9 Å². The summed E-state index contributed by atoms with van der Waals surface area (Å²) >= 11 is 0. The molecular weight excluding hydrogens is 406 g/mol. The largest absolute Gasteiger partial charge is 0.493 e. The van der Waals surface area contributed by atoms with Crippen LogP contribution in [0.4, 0.5) is 11.4 Å². The molecule has 4 rings (SSSR count). The first kappa shape index (κ1) is 20.9. The van der Waals surface area contributed by atoms with E-state index in [2.05, 4.69) is 5.32 Å². The minimum absolute atomic E-state index is 0.0657. The predicted octanol–water partition coefficient (Wildman–Crippen LogP) is 3.79. The first-order valence-corrected chi connectivity index (χ1v) is 10.1. The maximum absolute atomic E-state index is 12.9. The highest BCUT2D eigenvalue weighted by molar-refractivity contribution is 6.07. The summed E-state index contributed by atoms with van der Waals surface area (Å²) in [6.07, 6.45) is 0.847. The van der Waals surface area contributed by atoms with E-state index in [4.69, 9.17) is 14.7 Å². The summed E-state index contributed by atoms with van der Waals surface area (Å²) in [7, 11) is 1.47. The number of carbonyl (C=O) groups excluding carboxylic acids is 2. The molecule has 0 spiro atoms. The second kappa shape index (κ2) is 9.23. The summed E-state index contributed by atoms with van der Waals surface area (Å²) in [6, 6.07) is 21.4. The Kier molecular flexibility index (Phi) is 6.04. The number of hydrogen-bond donors (Lipinski definition) is 1. The number of rotatable bonds is 6. The van der Waals surface area contributed by atoms with Crippen molar-refractivity contribution in [2.45, 2.75) is 6.42 Å². The van der Waals surface area contributed by atoms with E-state index in [-0.39, 0.29) is 18.4 Å². The molecule has 0 saturated carbocycles. The van der Waals surface area contributed by atoms with Crippen LogP contribution in [0.2, 0.25) is 0 Å². The first-order valence-electron chi connectivity index (χ1n) is 10.1. The number of hydrogen-bond acceptors (Lipinski definition) is 5. The maximum atomic E-state index is 12.9. The molecule has 0 aliphatic carbocycles. The van der Waals surface area contributed by atoms with Crippen molar-refractivity contribution in [3.05, 3.63) is 83.4 Å². The number of anilines is 2. The Labute approximate surface area is 185 Å². The SMILES string of the molecule is COc1cc(C#N)ccc1OCC(=O)Nc1ccc(C(=O)N2CCc3ccccc32)cc1. The normalized spacial score (nSPS) is 11.9. The average molecular weight is 427 g/mol. The molecule has 1 aliphatic rings. The van der Waals surface area contributed by atoms with Crippen LogP contribution in [0.15, 0.2) is 66.7 Å². The van der Waals surface area contributed by atoms with Gasteiger partial charge in [0, 0.05) is 29.5 Å². The lowest BCUT2D eigenvalue weighted by Gasteiger charge is -2.17. The van der Waals surface area contributed by atoms with Crippen molar-refractivity contribution in [3.8, 4) is 17.6 Å². The Bertz CT molecular complexity index is 1200. The van der Waals surface area contributed by atoms with E-state index in [1.54, 1.807) is 47.4 Å².